The summed E-state index contributed by atoms with van der Waals surface area (Å²) in [5.74, 6) is -1.67. The molecule has 0 heterocycles. The maximum Gasteiger partial charge on any atom is 0.364 e. The van der Waals surface area contributed by atoms with Gasteiger partial charge in [0.05, 0.1) is 12.5 Å². The predicted molar refractivity (Wildman–Crippen MR) is 67.8 cm³/mol. The first-order valence-electron chi connectivity index (χ1n) is 6.19. The predicted octanol–water partition coefficient (Wildman–Crippen LogP) is 2.06. The number of oxime groups is 1. The number of hydrogen-bond donors (Lipinski definition) is 0. The van der Waals surface area contributed by atoms with Gasteiger partial charge in [0.25, 0.3) is 0 Å². The number of esters is 1. The minimum Gasteiger partial charge on any atom is -0.461 e. The smallest absolute Gasteiger partial charge is 0.364 e. The van der Waals surface area contributed by atoms with Crippen molar-refractivity contribution in [1.82, 2.24) is 0 Å². The van der Waals surface area contributed by atoms with E-state index in [1.54, 1.807) is 6.92 Å². The first kappa shape index (κ1) is 15.0. The van der Waals surface area contributed by atoms with Crippen LogP contribution in [0.4, 0.5) is 0 Å². The van der Waals surface area contributed by atoms with E-state index in [2.05, 4.69) is 5.16 Å². The van der Waals surface area contributed by atoms with Crippen molar-refractivity contribution in [3.63, 3.8) is 0 Å². The Hall–Kier alpha value is -1.10. The Balaban J connectivity index is 2.62. The van der Waals surface area contributed by atoms with E-state index in [1.807, 2.05) is 0 Å². The molecule has 0 aromatic carbocycles. The highest BCUT2D eigenvalue weighted by atomic mass is 35.5. The molecule has 0 amide bonds. The summed E-state index contributed by atoms with van der Waals surface area (Å²) in [7, 11) is 0. The first-order chi connectivity index (χ1) is 8.69. The van der Waals surface area contributed by atoms with Crippen molar-refractivity contribution in [3.8, 4) is 0 Å². The number of Topliss-reactive ketones (excluding diaryl/α,β-unsaturated/α-hetero) is 1. The standard InChI is InChI=1S/C12H18ClNO4/c1-2-17-12(16)11(10(15)8-13)14-18-9-6-4-3-5-7-9/h9H,2-8H2,1H3. The molecule has 0 saturated heterocycles. The van der Waals surface area contributed by atoms with Crippen LogP contribution in [0.15, 0.2) is 5.16 Å². The lowest BCUT2D eigenvalue weighted by Crippen LogP contribution is -2.28. The molecule has 0 aromatic heterocycles. The van der Waals surface area contributed by atoms with Gasteiger partial charge in [-0.05, 0) is 32.6 Å². The monoisotopic (exact) mass is 275 g/mol. The van der Waals surface area contributed by atoms with E-state index in [0.29, 0.717) is 0 Å². The van der Waals surface area contributed by atoms with E-state index in [9.17, 15) is 9.59 Å². The Morgan fingerprint density at radius 3 is 2.50 bits per heavy atom. The highest BCUT2D eigenvalue weighted by molar-refractivity contribution is 6.67. The summed E-state index contributed by atoms with van der Waals surface area (Å²) in [5, 5.41) is 3.64. The lowest BCUT2D eigenvalue weighted by molar-refractivity contribution is -0.136. The zero-order chi connectivity index (χ0) is 13.4. The molecule has 0 bridgehead atoms. The van der Waals surface area contributed by atoms with Crippen LogP contribution in [0.25, 0.3) is 0 Å². The molecule has 1 aliphatic carbocycles. The number of halogens is 1. The maximum atomic E-state index is 11.5. The van der Waals surface area contributed by atoms with E-state index >= 15 is 0 Å². The summed E-state index contributed by atoms with van der Waals surface area (Å²) in [5.41, 5.74) is -0.350. The molecule has 6 heteroatoms. The second-order valence-electron chi connectivity index (χ2n) is 4.08. The molecule has 1 aliphatic rings. The zero-order valence-electron chi connectivity index (χ0n) is 10.5. The molecule has 0 unspecified atom stereocenters. The Bertz CT molecular complexity index is 324. The molecule has 1 saturated carbocycles. The fourth-order valence-electron chi connectivity index (χ4n) is 1.76. The van der Waals surface area contributed by atoms with Gasteiger partial charge in [-0.25, -0.2) is 4.79 Å². The van der Waals surface area contributed by atoms with Crippen LogP contribution in [-0.4, -0.2) is 36.1 Å². The van der Waals surface area contributed by atoms with Crippen LogP contribution < -0.4 is 0 Å². The number of nitrogens with zero attached hydrogens (tertiary/aromatic N) is 1. The number of ketones is 1. The van der Waals surface area contributed by atoms with Gasteiger partial charge < -0.3 is 9.57 Å². The second-order valence-corrected chi connectivity index (χ2v) is 4.35. The number of hydrogen-bond acceptors (Lipinski definition) is 5. The summed E-state index contributed by atoms with van der Waals surface area (Å²) in [6.45, 7) is 1.83. The minimum absolute atomic E-state index is 0.0219. The normalized spacial score (nSPS) is 17.3. The van der Waals surface area contributed by atoms with Gasteiger partial charge in [-0.3, -0.25) is 4.79 Å². The van der Waals surface area contributed by atoms with Crippen molar-refractivity contribution in [1.29, 1.82) is 0 Å². The van der Waals surface area contributed by atoms with Gasteiger partial charge in [0.2, 0.25) is 11.5 Å². The van der Waals surface area contributed by atoms with Crippen LogP contribution in [0.2, 0.25) is 0 Å². The van der Waals surface area contributed by atoms with Crippen LogP contribution in [0.1, 0.15) is 39.0 Å². The van der Waals surface area contributed by atoms with Crippen molar-refractivity contribution in [2.75, 3.05) is 12.5 Å². The van der Waals surface area contributed by atoms with E-state index < -0.39 is 11.8 Å². The van der Waals surface area contributed by atoms with Gasteiger partial charge in [0.1, 0.15) is 6.10 Å². The third-order valence-corrected chi connectivity index (χ3v) is 2.94. The molecule has 0 spiro atoms. The first-order valence-corrected chi connectivity index (χ1v) is 6.72. The number of alkyl halides is 1. The molecule has 1 rings (SSSR count). The third kappa shape index (κ3) is 4.64. The van der Waals surface area contributed by atoms with E-state index in [-0.39, 0.29) is 24.3 Å². The van der Waals surface area contributed by atoms with Crippen molar-refractivity contribution in [3.05, 3.63) is 0 Å². The van der Waals surface area contributed by atoms with Gasteiger partial charge in [0, 0.05) is 0 Å². The molecular weight excluding hydrogens is 258 g/mol. The summed E-state index contributed by atoms with van der Waals surface area (Å²) in [4.78, 5) is 28.2. The molecule has 0 aromatic rings. The zero-order valence-corrected chi connectivity index (χ0v) is 11.2. The van der Waals surface area contributed by atoms with Gasteiger partial charge >= 0.3 is 5.97 Å². The second kappa shape index (κ2) is 8.08. The van der Waals surface area contributed by atoms with Crippen LogP contribution in [-0.2, 0) is 19.2 Å². The molecule has 18 heavy (non-hydrogen) atoms. The Labute approximate surface area is 111 Å². The largest absolute Gasteiger partial charge is 0.461 e. The van der Waals surface area contributed by atoms with Crippen LogP contribution in [0, 0.1) is 0 Å². The Morgan fingerprint density at radius 1 is 1.28 bits per heavy atom. The quantitative estimate of drug-likeness (QED) is 0.245. The van der Waals surface area contributed by atoms with Gasteiger partial charge in [-0.2, -0.15) is 0 Å². The molecule has 0 atom stereocenters. The third-order valence-electron chi connectivity index (χ3n) is 2.70. The lowest BCUT2D eigenvalue weighted by Gasteiger charge is -2.19. The number of ether oxygens (including phenoxy) is 1. The van der Waals surface area contributed by atoms with E-state index in [4.69, 9.17) is 21.2 Å². The van der Waals surface area contributed by atoms with Crippen molar-refractivity contribution in [2.45, 2.75) is 45.1 Å². The Kier molecular flexibility index (Phi) is 6.72. The van der Waals surface area contributed by atoms with Gasteiger partial charge in [-0.15, -0.1) is 11.6 Å². The van der Waals surface area contributed by atoms with Crippen LogP contribution in [0.5, 0.6) is 0 Å². The van der Waals surface area contributed by atoms with E-state index in [0.717, 1.165) is 25.7 Å². The lowest BCUT2D eigenvalue weighted by atomic mass is 9.98. The number of rotatable bonds is 6. The molecule has 0 radical (unpaired) electrons. The summed E-state index contributed by atoms with van der Waals surface area (Å²) < 4.78 is 4.74. The number of carbonyl (C=O) groups excluding carboxylic acids is 2. The topological polar surface area (TPSA) is 65.0 Å². The number of carbonyl (C=O) groups is 2. The van der Waals surface area contributed by atoms with Crippen LogP contribution in [0.3, 0.4) is 0 Å². The molecule has 5 nitrogen and oxygen atoms in total. The average molecular weight is 276 g/mol. The summed E-state index contributed by atoms with van der Waals surface area (Å²) in [6, 6.07) is 0. The van der Waals surface area contributed by atoms with Crippen molar-refractivity contribution < 1.29 is 19.2 Å². The molecule has 1 fully saturated rings. The molecule has 102 valence electrons. The maximum absolute atomic E-state index is 11.5. The van der Waals surface area contributed by atoms with E-state index in [1.165, 1.54) is 6.42 Å². The fourth-order valence-corrected chi connectivity index (χ4v) is 1.89. The van der Waals surface area contributed by atoms with Crippen molar-refractivity contribution in [2.24, 2.45) is 5.16 Å². The van der Waals surface area contributed by atoms with Gasteiger partial charge in [-0.1, -0.05) is 11.6 Å². The highest BCUT2D eigenvalue weighted by Gasteiger charge is 2.23. The SMILES string of the molecule is CCOC(=O)C(=NOC1CCCCC1)C(=O)CCl. The fraction of sp³-hybridized carbons (Fsp3) is 0.750. The summed E-state index contributed by atoms with van der Waals surface area (Å²) >= 11 is 5.42. The molecule has 0 aliphatic heterocycles. The molecular formula is C12H18ClNO4. The van der Waals surface area contributed by atoms with Crippen molar-refractivity contribution >= 4 is 29.1 Å². The summed E-state index contributed by atoms with van der Waals surface area (Å²) in [6.07, 6.45) is 5.13. The average Bonchev–Trinajstić information content (AvgIpc) is 2.40. The van der Waals surface area contributed by atoms with Gasteiger partial charge in [0.15, 0.2) is 0 Å². The Morgan fingerprint density at radius 2 is 1.94 bits per heavy atom. The van der Waals surface area contributed by atoms with Crippen LogP contribution >= 0.6 is 11.6 Å². The highest BCUT2D eigenvalue weighted by Crippen LogP contribution is 2.20. The minimum atomic E-state index is -0.779. The molecule has 0 N–H and O–H groups in total.